The monoisotopic (exact) mass is 996 g/mol. The molecule has 0 saturated carbocycles. The highest BCUT2D eigenvalue weighted by Crippen LogP contribution is 2.23. The molecule has 1 aliphatic rings. The Bertz CT molecular complexity index is 1170. The predicted octanol–water partition coefficient (Wildman–Crippen LogP) is 13.6. The Morgan fingerprint density at radius 3 is 1.33 bits per heavy atom. The lowest BCUT2D eigenvalue weighted by molar-refractivity contribution is -0.302. The predicted molar refractivity (Wildman–Crippen MR) is 288 cm³/mol. The summed E-state index contributed by atoms with van der Waals surface area (Å²) in [6, 6.07) is -0.808. The molecule has 7 atom stereocenters. The zero-order valence-electron chi connectivity index (χ0n) is 45.5. The average Bonchev–Trinajstić information content (AvgIpc) is 3.36. The highest BCUT2D eigenvalue weighted by Gasteiger charge is 2.44. The number of hydrogen-bond acceptors (Lipinski definition) is 10. The van der Waals surface area contributed by atoms with Crippen molar-refractivity contribution in [2.45, 2.75) is 333 Å². The molecule has 0 bridgehead atoms. The van der Waals surface area contributed by atoms with Gasteiger partial charge in [0.15, 0.2) is 6.29 Å². The van der Waals surface area contributed by atoms with Gasteiger partial charge in [-0.15, -0.1) is 0 Å². The third kappa shape index (κ3) is 38.9. The number of allylic oxidation sites excluding steroid dienone is 1. The minimum atomic E-state index is -1.57. The van der Waals surface area contributed by atoms with Crippen molar-refractivity contribution in [3.63, 3.8) is 0 Å². The Morgan fingerprint density at radius 2 is 0.900 bits per heavy atom. The number of carbonyl (C=O) groups excluding carboxylic acids is 2. The molecule has 70 heavy (non-hydrogen) atoms. The van der Waals surface area contributed by atoms with Gasteiger partial charge in [-0.25, -0.2) is 0 Å². The first-order chi connectivity index (χ1) is 34.2. The number of hydrogen-bond donors (Lipinski definition) is 6. The Hall–Kier alpha value is -1.60. The summed E-state index contributed by atoms with van der Waals surface area (Å²) in [6.07, 6.45) is 47.4. The summed E-state index contributed by atoms with van der Waals surface area (Å²) >= 11 is 0. The van der Waals surface area contributed by atoms with Crippen molar-refractivity contribution < 1.29 is 49.3 Å². The summed E-state index contributed by atoms with van der Waals surface area (Å²) in [4.78, 5) is 25.0. The van der Waals surface area contributed by atoms with E-state index < -0.39 is 49.5 Å². The normalized spacial score (nSPS) is 19.2. The van der Waals surface area contributed by atoms with E-state index in [0.29, 0.717) is 19.4 Å². The van der Waals surface area contributed by atoms with E-state index in [2.05, 4.69) is 19.2 Å². The van der Waals surface area contributed by atoms with Crippen molar-refractivity contribution in [3.8, 4) is 0 Å². The zero-order chi connectivity index (χ0) is 51.0. The van der Waals surface area contributed by atoms with E-state index >= 15 is 0 Å². The first-order valence-corrected chi connectivity index (χ1v) is 30.0. The van der Waals surface area contributed by atoms with Crippen LogP contribution in [-0.4, -0.2) is 100 Å². The van der Waals surface area contributed by atoms with Crippen LogP contribution in [0.3, 0.4) is 0 Å². The van der Waals surface area contributed by atoms with Gasteiger partial charge in [-0.1, -0.05) is 257 Å². The summed E-state index contributed by atoms with van der Waals surface area (Å²) in [7, 11) is 0. The molecule has 414 valence electrons. The highest BCUT2D eigenvalue weighted by molar-refractivity contribution is 5.76. The van der Waals surface area contributed by atoms with E-state index in [1.165, 1.54) is 205 Å². The molecular formula is C59H113NO10. The van der Waals surface area contributed by atoms with Gasteiger partial charge in [0.2, 0.25) is 5.91 Å². The Morgan fingerprint density at radius 1 is 0.514 bits per heavy atom. The maximum absolute atomic E-state index is 13.0. The molecule has 1 aliphatic heterocycles. The topological polar surface area (TPSA) is 175 Å². The van der Waals surface area contributed by atoms with Gasteiger partial charge in [-0.05, 0) is 32.1 Å². The van der Waals surface area contributed by atoms with Crippen molar-refractivity contribution >= 4 is 11.9 Å². The molecule has 11 heteroatoms. The van der Waals surface area contributed by atoms with E-state index in [1.807, 2.05) is 6.08 Å². The van der Waals surface area contributed by atoms with Gasteiger partial charge in [0, 0.05) is 12.8 Å². The second kappa shape index (κ2) is 49.6. The molecule has 7 unspecified atom stereocenters. The van der Waals surface area contributed by atoms with Crippen LogP contribution in [0.4, 0.5) is 0 Å². The molecule has 1 rings (SSSR count). The minimum absolute atomic E-state index is 0.00117. The zero-order valence-corrected chi connectivity index (χ0v) is 45.5. The molecule has 0 spiro atoms. The van der Waals surface area contributed by atoms with E-state index in [4.69, 9.17) is 14.2 Å². The van der Waals surface area contributed by atoms with E-state index in [1.54, 1.807) is 6.08 Å². The van der Waals surface area contributed by atoms with Gasteiger partial charge >= 0.3 is 5.97 Å². The molecule has 0 aliphatic carbocycles. The fourth-order valence-corrected chi connectivity index (χ4v) is 9.61. The molecule has 0 radical (unpaired) electrons. The van der Waals surface area contributed by atoms with Crippen molar-refractivity contribution in [2.24, 2.45) is 0 Å². The van der Waals surface area contributed by atoms with Crippen LogP contribution < -0.4 is 5.32 Å². The Balaban J connectivity index is 2.02. The lowest BCUT2D eigenvalue weighted by Gasteiger charge is -2.40. The van der Waals surface area contributed by atoms with E-state index in [-0.39, 0.29) is 18.5 Å². The SMILES string of the molecule is CCCCCCCCCC/C=C/C(O)C(COC1OC(CO)C(O)C(O)C1O)NC(=O)CCCCCCCCCCCCCCCCCCCCCCCOC(=O)CCCCCCCCCCCCC. The van der Waals surface area contributed by atoms with Crippen molar-refractivity contribution in [1.29, 1.82) is 0 Å². The number of aliphatic hydroxyl groups excluding tert-OH is 5. The maximum Gasteiger partial charge on any atom is 0.305 e. The molecule has 1 heterocycles. The maximum atomic E-state index is 13.0. The summed E-state index contributed by atoms with van der Waals surface area (Å²) in [5, 5.41) is 54.2. The lowest BCUT2D eigenvalue weighted by Crippen LogP contribution is -2.60. The number of esters is 1. The molecule has 1 saturated heterocycles. The van der Waals surface area contributed by atoms with Gasteiger partial charge in [0.25, 0.3) is 0 Å². The summed E-state index contributed by atoms with van der Waals surface area (Å²) in [6.45, 7) is 4.33. The minimum Gasteiger partial charge on any atom is -0.466 e. The third-order valence-corrected chi connectivity index (χ3v) is 14.4. The smallest absolute Gasteiger partial charge is 0.305 e. The number of carbonyl (C=O) groups is 2. The average molecular weight is 997 g/mol. The number of nitrogens with one attached hydrogen (secondary N) is 1. The third-order valence-electron chi connectivity index (χ3n) is 14.4. The number of rotatable bonds is 52. The number of unbranched alkanes of at least 4 members (excludes halogenated alkanes) is 38. The van der Waals surface area contributed by atoms with E-state index in [0.717, 1.165) is 57.8 Å². The first-order valence-electron chi connectivity index (χ1n) is 30.0. The van der Waals surface area contributed by atoms with E-state index in [9.17, 15) is 35.1 Å². The fraction of sp³-hybridized carbons (Fsp3) is 0.932. The number of amides is 1. The van der Waals surface area contributed by atoms with Gasteiger partial charge in [0.1, 0.15) is 24.4 Å². The van der Waals surface area contributed by atoms with Crippen LogP contribution in [-0.2, 0) is 23.8 Å². The molecule has 6 N–H and O–H groups in total. The second-order valence-electron chi connectivity index (χ2n) is 21.1. The highest BCUT2D eigenvalue weighted by atomic mass is 16.7. The van der Waals surface area contributed by atoms with Crippen LogP contribution in [0.2, 0.25) is 0 Å². The van der Waals surface area contributed by atoms with Gasteiger partial charge in [-0.2, -0.15) is 0 Å². The van der Waals surface area contributed by atoms with Crippen LogP contribution >= 0.6 is 0 Å². The Labute approximate surface area is 429 Å². The van der Waals surface area contributed by atoms with Crippen LogP contribution in [0.1, 0.15) is 290 Å². The van der Waals surface area contributed by atoms with Crippen LogP contribution in [0, 0.1) is 0 Å². The molecule has 11 nitrogen and oxygen atoms in total. The summed E-state index contributed by atoms with van der Waals surface area (Å²) < 4.78 is 16.7. The standard InChI is InChI=1S/C59H113NO10/c1-3-5-7-9-11-13-26-31-35-39-43-47-55(64)68-48-44-40-36-32-28-25-23-21-19-17-15-16-18-20-22-24-27-30-34-38-42-46-54(63)60-51(50-69-59-58(67)57(66)56(65)53(49-61)70-59)52(62)45-41-37-33-29-14-12-10-8-6-4-2/h41,45,51-53,56-59,61-62,65-67H,3-40,42-44,46-50H2,1-2H3,(H,60,63)/b45-41+. The lowest BCUT2D eigenvalue weighted by atomic mass is 9.99. The number of ether oxygens (including phenoxy) is 3. The number of aliphatic hydroxyl groups is 5. The molecule has 1 fully saturated rings. The van der Waals surface area contributed by atoms with Gasteiger partial charge in [0.05, 0.1) is 32.0 Å². The largest absolute Gasteiger partial charge is 0.466 e. The van der Waals surface area contributed by atoms with Gasteiger partial charge < -0.3 is 45.1 Å². The van der Waals surface area contributed by atoms with Crippen molar-refractivity contribution in [2.75, 3.05) is 19.8 Å². The molecule has 0 aromatic rings. The molecular weight excluding hydrogens is 883 g/mol. The fourth-order valence-electron chi connectivity index (χ4n) is 9.61. The molecule has 1 amide bonds. The quantitative estimate of drug-likeness (QED) is 0.0195. The summed E-state index contributed by atoms with van der Waals surface area (Å²) in [5.41, 5.74) is 0. The summed E-state index contributed by atoms with van der Waals surface area (Å²) in [5.74, 6) is -0.184. The van der Waals surface area contributed by atoms with Crippen LogP contribution in [0.5, 0.6) is 0 Å². The van der Waals surface area contributed by atoms with Crippen LogP contribution in [0.25, 0.3) is 0 Å². The van der Waals surface area contributed by atoms with Crippen molar-refractivity contribution in [3.05, 3.63) is 12.2 Å². The molecule has 0 aromatic heterocycles. The Kier molecular flexibility index (Phi) is 47.1. The van der Waals surface area contributed by atoms with Crippen molar-refractivity contribution in [1.82, 2.24) is 5.32 Å². The van der Waals surface area contributed by atoms with Gasteiger partial charge in [-0.3, -0.25) is 9.59 Å². The first kappa shape index (κ1) is 66.4. The van der Waals surface area contributed by atoms with Crippen LogP contribution in [0.15, 0.2) is 12.2 Å². The molecule has 0 aromatic carbocycles. The second-order valence-corrected chi connectivity index (χ2v) is 21.1.